The second-order valence-electron chi connectivity index (χ2n) is 6.92. The molecule has 1 N–H and O–H groups in total. The fourth-order valence-corrected chi connectivity index (χ4v) is 4.86. The second-order valence-corrected chi connectivity index (χ2v) is 10.7. The molecule has 2 fully saturated rings. The summed E-state index contributed by atoms with van der Waals surface area (Å²) in [6.45, 7) is -0.0874. The smallest absolute Gasteiger partial charge is 0.318 e. The number of alkyl halides is 3. The van der Waals surface area contributed by atoms with E-state index in [1.54, 1.807) is 4.90 Å². The van der Waals surface area contributed by atoms with Gasteiger partial charge in [0.1, 0.15) is 0 Å². The minimum absolute atomic E-state index is 0.0178. The number of nitrogens with one attached hydrogen (secondary N) is 1. The summed E-state index contributed by atoms with van der Waals surface area (Å²) >= 11 is 19.5. The molecule has 1 aromatic carbocycles. The highest BCUT2D eigenvalue weighted by molar-refractivity contribution is 14.1. The average molecular weight is 546 g/mol. The van der Waals surface area contributed by atoms with Crippen LogP contribution in [0, 0.1) is 9.49 Å². The number of amides is 2. The third kappa shape index (κ3) is 4.77. The maximum absolute atomic E-state index is 12.7. The highest BCUT2D eigenvalue weighted by Gasteiger charge is 2.52. The Kier molecular flexibility index (Phi) is 6.71. The zero-order valence-corrected chi connectivity index (χ0v) is 19.1. The second kappa shape index (κ2) is 8.51. The third-order valence-electron chi connectivity index (χ3n) is 5.37. The normalized spacial score (nSPS) is 27.4. The molecule has 2 amide bonds. The molecule has 0 aliphatic carbocycles. The van der Waals surface area contributed by atoms with Crippen molar-refractivity contribution in [3.63, 3.8) is 0 Å². The van der Waals surface area contributed by atoms with Crippen LogP contribution >= 0.6 is 57.4 Å². The molecule has 5 nitrogen and oxygen atoms in total. The molecular weight excluding hydrogens is 525 g/mol. The number of fused-ring (bicyclic) bond motifs is 2. The molecule has 0 saturated carbocycles. The minimum Gasteiger partial charge on any atom is -0.469 e. The van der Waals surface area contributed by atoms with Crippen LogP contribution in [-0.2, 0) is 9.53 Å². The Hall–Kier alpha value is -0.440. The molecule has 1 aromatic rings. The van der Waals surface area contributed by atoms with Crippen molar-refractivity contribution in [1.82, 2.24) is 10.2 Å². The number of hydrogen-bond acceptors (Lipinski definition) is 3. The van der Waals surface area contributed by atoms with Crippen LogP contribution in [0.4, 0.5) is 4.79 Å². The van der Waals surface area contributed by atoms with Crippen molar-refractivity contribution in [2.45, 2.75) is 41.1 Å². The first-order valence-electron chi connectivity index (χ1n) is 8.67. The Labute approximate surface area is 187 Å². The molecule has 2 heterocycles. The molecule has 0 spiro atoms. The first kappa shape index (κ1) is 21.3. The van der Waals surface area contributed by atoms with Crippen LogP contribution in [0.1, 0.15) is 30.7 Å². The molecule has 9 heteroatoms. The Bertz CT molecular complexity index is 711. The molecule has 2 aliphatic heterocycles. The number of halogens is 4. The summed E-state index contributed by atoms with van der Waals surface area (Å²) in [6.07, 6.45) is 2.31. The average Bonchev–Trinajstić information content (AvgIpc) is 2.93. The van der Waals surface area contributed by atoms with Crippen molar-refractivity contribution < 1.29 is 14.3 Å². The Balaban J connectivity index is 1.85. The van der Waals surface area contributed by atoms with Crippen LogP contribution in [0.15, 0.2) is 24.3 Å². The number of benzene rings is 1. The van der Waals surface area contributed by atoms with Gasteiger partial charge in [0, 0.05) is 21.6 Å². The van der Waals surface area contributed by atoms with Crippen LogP contribution in [0.25, 0.3) is 0 Å². The standard InChI is InChI=1S/C18H20Cl3IN2O3/c1-27-16(25)15-13(10-2-4-11(22)5-3-10)8-12-6-7-14(15)24(12)17(26)23-9-18(19,20)21/h2-5,12-15H,6-9H2,1H3,(H,23,26)/t12-,13+,14+,15-/m0/s1. The van der Waals surface area contributed by atoms with Gasteiger partial charge in [0.15, 0.2) is 0 Å². The largest absolute Gasteiger partial charge is 0.469 e. The molecule has 3 rings (SSSR count). The van der Waals surface area contributed by atoms with Gasteiger partial charge in [-0.25, -0.2) is 4.79 Å². The number of urea groups is 1. The predicted octanol–water partition coefficient (Wildman–Crippen LogP) is 4.48. The van der Waals surface area contributed by atoms with Gasteiger partial charge in [-0.05, 0) is 59.5 Å². The van der Waals surface area contributed by atoms with Crippen LogP contribution in [-0.4, -0.2) is 46.4 Å². The third-order valence-corrected chi connectivity index (χ3v) is 6.49. The molecular formula is C18H20Cl3IN2O3. The maximum atomic E-state index is 12.7. The van der Waals surface area contributed by atoms with E-state index in [4.69, 9.17) is 39.5 Å². The number of methoxy groups -OCH3 is 1. The monoisotopic (exact) mass is 544 g/mol. The van der Waals surface area contributed by atoms with E-state index in [0.29, 0.717) is 6.42 Å². The number of rotatable bonds is 3. The molecule has 2 saturated heterocycles. The lowest BCUT2D eigenvalue weighted by Crippen LogP contribution is -2.56. The highest BCUT2D eigenvalue weighted by Crippen LogP contribution is 2.47. The van der Waals surface area contributed by atoms with Crippen molar-refractivity contribution in [2.24, 2.45) is 5.92 Å². The number of esters is 1. The topological polar surface area (TPSA) is 58.6 Å². The molecule has 4 atom stereocenters. The SMILES string of the molecule is COC(=O)[C@H]1[C@@H](c2ccc(I)cc2)C[C@@H]2CC[C@H]1N2C(=O)NCC(Cl)(Cl)Cl. The van der Waals surface area contributed by atoms with Crippen LogP contribution in [0.2, 0.25) is 0 Å². The van der Waals surface area contributed by atoms with Gasteiger partial charge in [-0.15, -0.1) is 0 Å². The molecule has 148 valence electrons. The molecule has 0 radical (unpaired) electrons. The van der Waals surface area contributed by atoms with Gasteiger partial charge in [0.2, 0.25) is 3.79 Å². The van der Waals surface area contributed by atoms with Crippen LogP contribution in [0.5, 0.6) is 0 Å². The fourth-order valence-electron chi connectivity index (χ4n) is 4.30. The van der Waals surface area contributed by atoms with E-state index in [1.807, 2.05) is 12.1 Å². The van der Waals surface area contributed by atoms with E-state index >= 15 is 0 Å². The predicted molar refractivity (Wildman–Crippen MR) is 114 cm³/mol. The van der Waals surface area contributed by atoms with Gasteiger partial charge in [-0.2, -0.15) is 0 Å². The summed E-state index contributed by atoms with van der Waals surface area (Å²) in [5.74, 6) is -0.681. The number of carbonyl (C=O) groups is 2. The number of nitrogens with zero attached hydrogens (tertiary/aromatic N) is 1. The van der Waals surface area contributed by atoms with E-state index < -0.39 is 9.71 Å². The summed E-state index contributed by atoms with van der Waals surface area (Å²) < 4.78 is 4.67. The van der Waals surface area contributed by atoms with E-state index in [2.05, 4.69) is 40.0 Å². The van der Waals surface area contributed by atoms with Crippen LogP contribution < -0.4 is 5.32 Å². The van der Waals surface area contributed by atoms with Crippen molar-refractivity contribution in [2.75, 3.05) is 13.7 Å². The van der Waals surface area contributed by atoms with Crippen molar-refractivity contribution in [3.8, 4) is 0 Å². The minimum atomic E-state index is -1.56. The molecule has 2 bridgehead atoms. The summed E-state index contributed by atoms with van der Waals surface area (Å²) in [6, 6.07) is 7.70. The Morgan fingerprint density at radius 3 is 2.52 bits per heavy atom. The van der Waals surface area contributed by atoms with Crippen molar-refractivity contribution in [1.29, 1.82) is 0 Å². The molecule has 2 aliphatic rings. The lowest BCUT2D eigenvalue weighted by Gasteiger charge is -2.43. The molecule has 0 unspecified atom stereocenters. The van der Waals surface area contributed by atoms with E-state index in [9.17, 15) is 9.59 Å². The lowest BCUT2D eigenvalue weighted by atomic mass is 9.76. The van der Waals surface area contributed by atoms with Gasteiger partial charge in [0.05, 0.1) is 19.6 Å². The number of hydrogen-bond donors (Lipinski definition) is 1. The number of piperidine rings is 1. The summed E-state index contributed by atoms with van der Waals surface area (Å²) in [5, 5.41) is 2.67. The Morgan fingerprint density at radius 2 is 1.93 bits per heavy atom. The summed E-state index contributed by atoms with van der Waals surface area (Å²) in [7, 11) is 1.39. The zero-order chi connectivity index (χ0) is 19.8. The van der Waals surface area contributed by atoms with Gasteiger partial charge < -0.3 is 15.0 Å². The first-order valence-corrected chi connectivity index (χ1v) is 10.9. The molecule has 0 aromatic heterocycles. The van der Waals surface area contributed by atoms with Crippen molar-refractivity contribution >= 4 is 69.4 Å². The van der Waals surface area contributed by atoms with Gasteiger partial charge in [-0.3, -0.25) is 4.79 Å². The van der Waals surface area contributed by atoms with Gasteiger partial charge in [0.25, 0.3) is 0 Å². The quantitative estimate of drug-likeness (QED) is 0.346. The fraction of sp³-hybridized carbons (Fsp3) is 0.556. The van der Waals surface area contributed by atoms with Crippen LogP contribution in [0.3, 0.4) is 0 Å². The van der Waals surface area contributed by atoms with Crippen molar-refractivity contribution in [3.05, 3.63) is 33.4 Å². The van der Waals surface area contributed by atoms with Gasteiger partial charge >= 0.3 is 12.0 Å². The Morgan fingerprint density at radius 1 is 1.26 bits per heavy atom. The zero-order valence-electron chi connectivity index (χ0n) is 14.6. The van der Waals surface area contributed by atoms with E-state index in [-0.39, 0.29) is 36.5 Å². The van der Waals surface area contributed by atoms with Gasteiger partial charge in [-0.1, -0.05) is 46.9 Å². The number of carbonyl (C=O) groups excluding carboxylic acids is 2. The summed E-state index contributed by atoms with van der Waals surface area (Å²) in [4.78, 5) is 27.1. The van der Waals surface area contributed by atoms with E-state index in [0.717, 1.165) is 22.0 Å². The molecule has 27 heavy (non-hydrogen) atoms. The lowest BCUT2D eigenvalue weighted by molar-refractivity contribution is -0.149. The van der Waals surface area contributed by atoms with E-state index in [1.165, 1.54) is 7.11 Å². The number of ether oxygens (including phenoxy) is 1. The maximum Gasteiger partial charge on any atom is 0.318 e. The highest BCUT2D eigenvalue weighted by atomic mass is 127. The summed E-state index contributed by atoms with van der Waals surface area (Å²) in [5.41, 5.74) is 1.10. The first-order chi connectivity index (χ1) is 12.7.